The van der Waals surface area contributed by atoms with Crippen molar-refractivity contribution in [3.63, 3.8) is 0 Å². The molecule has 0 saturated heterocycles. The molecule has 12 rings (SSSR count). The molecule has 0 bridgehead atoms. The van der Waals surface area contributed by atoms with Gasteiger partial charge in [0.25, 0.3) is 0 Å². The summed E-state index contributed by atoms with van der Waals surface area (Å²) in [5.74, 6) is 1.71. The van der Waals surface area contributed by atoms with E-state index < -0.39 is 0 Å². The second kappa shape index (κ2) is 11.5. The van der Waals surface area contributed by atoms with Gasteiger partial charge in [-0.2, -0.15) is 9.97 Å². The van der Waals surface area contributed by atoms with E-state index in [1.165, 1.54) is 16.2 Å². The Balaban J connectivity index is 1.07. The van der Waals surface area contributed by atoms with Gasteiger partial charge in [-0.15, -0.1) is 0 Å². The first kappa shape index (κ1) is 29.9. The lowest BCUT2D eigenvalue weighted by Gasteiger charge is -2.11. The Morgan fingerprint density at radius 2 is 1.09 bits per heavy atom. The molecular weight excluding hydrogens is 677 g/mol. The maximum absolute atomic E-state index is 6.61. The summed E-state index contributed by atoms with van der Waals surface area (Å²) < 4.78 is 15.2. The highest BCUT2D eigenvalue weighted by Gasteiger charge is 2.21. The molecule has 0 fully saturated rings. The number of aromatic nitrogens is 4. The molecule has 6 heteroatoms. The summed E-state index contributed by atoms with van der Waals surface area (Å²) in [4.78, 5) is 15.4. The van der Waals surface area contributed by atoms with Gasteiger partial charge in [0.15, 0.2) is 11.6 Å². The molecule has 8 aromatic carbocycles. The molecule has 0 amide bonds. The fourth-order valence-electron chi connectivity index (χ4n) is 8.41. The molecular formula is C49H28N4O2. The van der Waals surface area contributed by atoms with Gasteiger partial charge < -0.3 is 8.83 Å². The normalized spacial score (nSPS) is 12.0. The van der Waals surface area contributed by atoms with Crippen molar-refractivity contribution in [1.82, 2.24) is 19.5 Å². The molecule has 12 aromatic rings. The Morgan fingerprint density at radius 1 is 0.382 bits per heavy atom. The second-order valence-corrected chi connectivity index (χ2v) is 14.0. The summed E-state index contributed by atoms with van der Waals surface area (Å²) in [5.41, 5.74) is 9.19. The summed E-state index contributed by atoms with van der Waals surface area (Å²) >= 11 is 0. The van der Waals surface area contributed by atoms with Crippen LogP contribution in [-0.2, 0) is 0 Å². The molecule has 4 aromatic heterocycles. The third kappa shape index (κ3) is 4.46. The second-order valence-electron chi connectivity index (χ2n) is 14.0. The van der Waals surface area contributed by atoms with Crippen molar-refractivity contribution in [2.75, 3.05) is 0 Å². The number of para-hydroxylation sites is 3. The van der Waals surface area contributed by atoms with Crippen molar-refractivity contribution >= 4 is 76.5 Å². The molecule has 0 unspecified atom stereocenters. The zero-order valence-electron chi connectivity index (χ0n) is 29.3. The molecule has 0 aliphatic heterocycles. The highest BCUT2D eigenvalue weighted by Crippen LogP contribution is 2.43. The number of hydrogen-bond acceptors (Lipinski definition) is 5. The van der Waals surface area contributed by atoms with Gasteiger partial charge in [0.05, 0.1) is 11.0 Å². The van der Waals surface area contributed by atoms with Crippen LogP contribution in [0.3, 0.4) is 0 Å². The number of rotatable bonds is 4. The Kier molecular flexibility index (Phi) is 6.24. The number of furan rings is 2. The standard InChI is InChI=1S/C49H28N4O2/c1-2-13-30(14-3-1)47-50-48(52-49(51-47)53-39-21-8-6-17-37(39)44-32-15-5-4-12-29(32)25-27-40(44)53)31-24-26-38-43(28-31)54-42-23-11-18-34(45(38)42)36-20-10-19-35-33-16-7-9-22-41(33)55-46(35)36/h1-28H. The van der Waals surface area contributed by atoms with Gasteiger partial charge in [-0.3, -0.25) is 4.57 Å². The lowest BCUT2D eigenvalue weighted by Crippen LogP contribution is -2.06. The van der Waals surface area contributed by atoms with Crippen molar-refractivity contribution in [2.45, 2.75) is 0 Å². The maximum atomic E-state index is 6.61. The third-order valence-corrected chi connectivity index (χ3v) is 10.9. The Bertz CT molecular complexity index is 3500. The Labute approximate surface area is 313 Å². The van der Waals surface area contributed by atoms with Crippen molar-refractivity contribution in [3.8, 4) is 39.9 Å². The molecule has 6 nitrogen and oxygen atoms in total. The summed E-state index contributed by atoms with van der Waals surface area (Å²) in [6.07, 6.45) is 0. The van der Waals surface area contributed by atoms with Crippen LogP contribution in [0.4, 0.5) is 0 Å². The van der Waals surface area contributed by atoms with Crippen LogP contribution < -0.4 is 0 Å². The van der Waals surface area contributed by atoms with E-state index in [4.69, 9.17) is 23.8 Å². The fraction of sp³-hybridized carbons (Fsp3) is 0. The quantitative estimate of drug-likeness (QED) is 0.182. The van der Waals surface area contributed by atoms with E-state index in [2.05, 4.69) is 114 Å². The molecule has 0 spiro atoms. The number of fused-ring (bicyclic) bond motifs is 11. The van der Waals surface area contributed by atoms with Crippen molar-refractivity contribution in [3.05, 3.63) is 170 Å². The Hall–Kier alpha value is -7.57. The van der Waals surface area contributed by atoms with Crippen LogP contribution in [0, 0.1) is 0 Å². The summed E-state index contributed by atoms with van der Waals surface area (Å²) in [6.45, 7) is 0. The van der Waals surface area contributed by atoms with Crippen molar-refractivity contribution < 1.29 is 8.83 Å². The van der Waals surface area contributed by atoms with Crippen molar-refractivity contribution in [2.24, 2.45) is 0 Å². The highest BCUT2D eigenvalue weighted by atomic mass is 16.3. The molecule has 0 atom stereocenters. The molecule has 0 saturated carbocycles. The minimum Gasteiger partial charge on any atom is -0.456 e. The average Bonchev–Trinajstić information content (AvgIpc) is 3.93. The van der Waals surface area contributed by atoms with E-state index in [0.29, 0.717) is 17.6 Å². The molecule has 0 radical (unpaired) electrons. The molecule has 0 aliphatic carbocycles. The van der Waals surface area contributed by atoms with E-state index in [9.17, 15) is 0 Å². The van der Waals surface area contributed by atoms with E-state index in [1.54, 1.807) is 0 Å². The van der Waals surface area contributed by atoms with Gasteiger partial charge in [-0.25, -0.2) is 4.98 Å². The minimum atomic E-state index is 0.552. The summed E-state index contributed by atoms with van der Waals surface area (Å²) in [7, 11) is 0. The molecule has 0 aliphatic rings. The molecule has 0 N–H and O–H groups in total. The van der Waals surface area contributed by atoms with Crippen LogP contribution in [-0.4, -0.2) is 19.5 Å². The predicted molar refractivity (Wildman–Crippen MR) is 223 cm³/mol. The van der Waals surface area contributed by atoms with E-state index in [-0.39, 0.29) is 0 Å². The van der Waals surface area contributed by atoms with E-state index in [0.717, 1.165) is 82.6 Å². The third-order valence-electron chi connectivity index (χ3n) is 10.9. The van der Waals surface area contributed by atoms with E-state index in [1.807, 2.05) is 60.7 Å². The predicted octanol–water partition coefficient (Wildman–Crippen LogP) is 12.9. The van der Waals surface area contributed by atoms with Crippen LogP contribution in [0.5, 0.6) is 0 Å². The van der Waals surface area contributed by atoms with Gasteiger partial charge in [0.2, 0.25) is 5.95 Å². The van der Waals surface area contributed by atoms with Crippen LogP contribution in [0.25, 0.3) is 116 Å². The van der Waals surface area contributed by atoms with Gasteiger partial charge in [0.1, 0.15) is 22.3 Å². The first-order valence-electron chi connectivity index (χ1n) is 18.4. The lowest BCUT2D eigenvalue weighted by atomic mass is 9.97. The van der Waals surface area contributed by atoms with Crippen molar-refractivity contribution in [1.29, 1.82) is 0 Å². The van der Waals surface area contributed by atoms with Crippen LogP contribution in [0.1, 0.15) is 0 Å². The zero-order chi connectivity index (χ0) is 36.0. The summed E-state index contributed by atoms with van der Waals surface area (Å²) in [6, 6.07) is 58.5. The first-order chi connectivity index (χ1) is 27.3. The van der Waals surface area contributed by atoms with E-state index >= 15 is 0 Å². The maximum Gasteiger partial charge on any atom is 0.238 e. The molecule has 256 valence electrons. The minimum absolute atomic E-state index is 0.552. The van der Waals surface area contributed by atoms with Crippen LogP contribution in [0.15, 0.2) is 179 Å². The fourth-order valence-corrected chi connectivity index (χ4v) is 8.41. The van der Waals surface area contributed by atoms with Gasteiger partial charge in [0, 0.05) is 49.0 Å². The van der Waals surface area contributed by atoms with Gasteiger partial charge >= 0.3 is 0 Å². The first-order valence-corrected chi connectivity index (χ1v) is 18.4. The lowest BCUT2D eigenvalue weighted by molar-refractivity contribution is 0.669. The van der Waals surface area contributed by atoms with Crippen LogP contribution in [0.2, 0.25) is 0 Å². The number of hydrogen-bond donors (Lipinski definition) is 0. The van der Waals surface area contributed by atoms with Crippen LogP contribution >= 0.6 is 0 Å². The number of benzene rings is 8. The van der Waals surface area contributed by atoms with Gasteiger partial charge in [-0.1, -0.05) is 133 Å². The smallest absolute Gasteiger partial charge is 0.238 e. The summed E-state index contributed by atoms with van der Waals surface area (Å²) in [5, 5.41) is 8.95. The topological polar surface area (TPSA) is 69.9 Å². The zero-order valence-corrected chi connectivity index (χ0v) is 29.3. The highest BCUT2D eigenvalue weighted by molar-refractivity contribution is 6.21. The molecule has 4 heterocycles. The average molecular weight is 705 g/mol. The Morgan fingerprint density at radius 3 is 2.00 bits per heavy atom. The number of nitrogens with zero attached hydrogens (tertiary/aromatic N) is 4. The molecule has 55 heavy (non-hydrogen) atoms. The van der Waals surface area contributed by atoms with Gasteiger partial charge in [-0.05, 0) is 52.7 Å². The largest absolute Gasteiger partial charge is 0.456 e. The SMILES string of the molecule is c1ccc(-c2nc(-c3ccc4c(c3)oc3cccc(-c5cccc6c5oc5ccccc56)c34)nc(-n3c4ccccc4c4c5ccccc5ccc43)n2)cc1. The monoisotopic (exact) mass is 704 g/mol.